The first-order valence-electron chi connectivity index (χ1n) is 8.45. The second-order valence-electron chi connectivity index (χ2n) is 6.38. The lowest BCUT2D eigenvalue weighted by atomic mass is 9.92. The molecule has 2 amide bonds. The molecule has 2 N–H and O–H groups in total. The maximum Gasteiger partial charge on any atom is 0.254 e. The van der Waals surface area contributed by atoms with Gasteiger partial charge >= 0.3 is 0 Å². The first-order chi connectivity index (χ1) is 12.1. The van der Waals surface area contributed by atoms with Gasteiger partial charge in [0.25, 0.3) is 5.91 Å². The predicted molar refractivity (Wildman–Crippen MR) is 94.9 cm³/mol. The fraction of sp³-hybridized carbons (Fsp3) is 0.300. The van der Waals surface area contributed by atoms with E-state index in [0.717, 1.165) is 11.1 Å². The largest absolute Gasteiger partial charge is 0.392 e. The summed E-state index contributed by atoms with van der Waals surface area (Å²) >= 11 is 0. The van der Waals surface area contributed by atoms with Gasteiger partial charge in [-0.3, -0.25) is 9.59 Å². The molecule has 5 nitrogen and oxygen atoms in total. The summed E-state index contributed by atoms with van der Waals surface area (Å²) in [4.78, 5) is 27.2. The Bertz CT molecular complexity index is 759. The van der Waals surface area contributed by atoms with E-state index in [0.29, 0.717) is 18.5 Å². The number of amides is 2. The Kier molecular flexibility index (Phi) is 5.14. The maximum atomic E-state index is 13.0. The summed E-state index contributed by atoms with van der Waals surface area (Å²) in [5, 5.41) is 12.2. The molecule has 2 aromatic carbocycles. The van der Waals surface area contributed by atoms with Crippen LogP contribution in [0.4, 0.5) is 0 Å². The minimum atomic E-state index is -0.627. The summed E-state index contributed by atoms with van der Waals surface area (Å²) in [6.07, 6.45) is -0.154. The standard InChI is InChI=1S/C20H22N2O3/c1-14(23)12-21-19(24)18-11-16-9-5-6-10-17(16)13-22(18)20(25)15-7-3-2-4-8-15/h2-10,14,18,23H,11-13H2,1H3,(H,21,24)/t14?,18-/m0/s1. The quantitative estimate of drug-likeness (QED) is 0.892. The molecule has 2 aromatic rings. The number of aliphatic hydroxyl groups excluding tert-OH is 1. The van der Waals surface area contributed by atoms with Crippen LogP contribution in [-0.4, -0.2) is 40.5 Å². The smallest absolute Gasteiger partial charge is 0.254 e. The van der Waals surface area contributed by atoms with Crippen molar-refractivity contribution in [2.45, 2.75) is 32.0 Å². The van der Waals surface area contributed by atoms with Crippen molar-refractivity contribution in [1.82, 2.24) is 10.2 Å². The number of benzene rings is 2. The van der Waals surface area contributed by atoms with Crippen molar-refractivity contribution in [3.05, 3.63) is 71.3 Å². The van der Waals surface area contributed by atoms with Crippen LogP contribution in [0.2, 0.25) is 0 Å². The highest BCUT2D eigenvalue weighted by Crippen LogP contribution is 2.25. The average Bonchev–Trinajstić information content (AvgIpc) is 2.65. The molecule has 1 unspecified atom stereocenters. The molecule has 0 saturated heterocycles. The van der Waals surface area contributed by atoms with E-state index in [1.54, 1.807) is 24.0 Å². The summed E-state index contributed by atoms with van der Waals surface area (Å²) in [6.45, 7) is 2.18. The Morgan fingerprint density at radius 3 is 2.44 bits per heavy atom. The minimum absolute atomic E-state index is 0.160. The van der Waals surface area contributed by atoms with E-state index in [4.69, 9.17) is 0 Å². The van der Waals surface area contributed by atoms with Gasteiger partial charge in [0.05, 0.1) is 6.10 Å². The SMILES string of the molecule is CC(O)CNC(=O)[C@@H]1Cc2ccccc2CN1C(=O)c1ccccc1. The molecule has 1 aliphatic heterocycles. The highest BCUT2D eigenvalue weighted by molar-refractivity contribution is 5.98. The van der Waals surface area contributed by atoms with Crippen molar-refractivity contribution in [3.63, 3.8) is 0 Å². The molecule has 3 rings (SSSR count). The predicted octanol–water partition coefficient (Wildman–Crippen LogP) is 1.75. The molecule has 2 atom stereocenters. The minimum Gasteiger partial charge on any atom is -0.392 e. The van der Waals surface area contributed by atoms with Gasteiger partial charge in [-0.15, -0.1) is 0 Å². The highest BCUT2D eigenvalue weighted by atomic mass is 16.3. The molecule has 1 heterocycles. The van der Waals surface area contributed by atoms with E-state index in [1.165, 1.54) is 0 Å². The number of nitrogens with one attached hydrogen (secondary N) is 1. The number of hydrogen-bond acceptors (Lipinski definition) is 3. The number of fused-ring (bicyclic) bond motifs is 1. The highest BCUT2D eigenvalue weighted by Gasteiger charge is 2.34. The van der Waals surface area contributed by atoms with Crippen LogP contribution in [0.25, 0.3) is 0 Å². The monoisotopic (exact) mass is 338 g/mol. The third-order valence-electron chi connectivity index (χ3n) is 4.40. The van der Waals surface area contributed by atoms with Gasteiger partial charge < -0.3 is 15.3 Å². The van der Waals surface area contributed by atoms with Crippen LogP contribution in [0.15, 0.2) is 54.6 Å². The summed E-state index contributed by atoms with van der Waals surface area (Å²) < 4.78 is 0. The summed E-state index contributed by atoms with van der Waals surface area (Å²) in [7, 11) is 0. The zero-order valence-electron chi connectivity index (χ0n) is 14.2. The molecule has 0 radical (unpaired) electrons. The third kappa shape index (κ3) is 3.88. The lowest BCUT2D eigenvalue weighted by Gasteiger charge is -2.36. The number of carbonyl (C=O) groups excluding carboxylic acids is 2. The Hall–Kier alpha value is -2.66. The van der Waals surface area contributed by atoms with Crippen molar-refractivity contribution in [1.29, 1.82) is 0 Å². The lowest BCUT2D eigenvalue weighted by Crippen LogP contribution is -2.53. The van der Waals surface area contributed by atoms with Crippen LogP contribution in [0.3, 0.4) is 0 Å². The summed E-state index contributed by atoms with van der Waals surface area (Å²) in [6, 6.07) is 16.3. The van der Waals surface area contributed by atoms with Crippen LogP contribution in [0.1, 0.15) is 28.4 Å². The zero-order chi connectivity index (χ0) is 17.8. The van der Waals surface area contributed by atoms with Crippen LogP contribution >= 0.6 is 0 Å². The van der Waals surface area contributed by atoms with Crippen molar-refractivity contribution in [2.75, 3.05) is 6.54 Å². The zero-order valence-corrected chi connectivity index (χ0v) is 14.2. The first-order valence-corrected chi connectivity index (χ1v) is 8.45. The van der Waals surface area contributed by atoms with Gasteiger partial charge in [0, 0.05) is 25.1 Å². The van der Waals surface area contributed by atoms with Crippen molar-refractivity contribution < 1.29 is 14.7 Å². The molecule has 25 heavy (non-hydrogen) atoms. The van der Waals surface area contributed by atoms with Crippen LogP contribution in [-0.2, 0) is 17.8 Å². The number of nitrogens with zero attached hydrogens (tertiary/aromatic N) is 1. The van der Waals surface area contributed by atoms with E-state index in [-0.39, 0.29) is 18.4 Å². The lowest BCUT2D eigenvalue weighted by molar-refractivity contribution is -0.126. The number of carbonyl (C=O) groups is 2. The molecule has 0 saturated carbocycles. The number of rotatable bonds is 4. The Labute approximate surface area is 147 Å². The van der Waals surface area contributed by atoms with E-state index in [2.05, 4.69) is 5.32 Å². The van der Waals surface area contributed by atoms with Crippen molar-refractivity contribution in [2.24, 2.45) is 0 Å². The molecule has 130 valence electrons. The van der Waals surface area contributed by atoms with Gasteiger partial charge in [0.15, 0.2) is 0 Å². The summed E-state index contributed by atoms with van der Waals surface area (Å²) in [5.74, 6) is -0.396. The molecular weight excluding hydrogens is 316 g/mol. The third-order valence-corrected chi connectivity index (χ3v) is 4.40. The Morgan fingerprint density at radius 2 is 1.76 bits per heavy atom. The molecule has 0 bridgehead atoms. The Balaban J connectivity index is 1.89. The van der Waals surface area contributed by atoms with Crippen LogP contribution in [0, 0.1) is 0 Å². The Morgan fingerprint density at radius 1 is 1.12 bits per heavy atom. The van der Waals surface area contributed by atoms with Crippen LogP contribution < -0.4 is 5.32 Å². The van der Waals surface area contributed by atoms with Crippen molar-refractivity contribution >= 4 is 11.8 Å². The first kappa shape index (κ1) is 17.2. The molecular formula is C20H22N2O3. The van der Waals surface area contributed by atoms with Gasteiger partial charge in [-0.25, -0.2) is 0 Å². The molecule has 1 aliphatic rings. The normalized spacial score (nSPS) is 17.5. The number of hydrogen-bond donors (Lipinski definition) is 2. The van der Waals surface area contributed by atoms with E-state index < -0.39 is 12.1 Å². The molecule has 0 fully saturated rings. The average molecular weight is 338 g/mol. The van der Waals surface area contributed by atoms with Crippen molar-refractivity contribution in [3.8, 4) is 0 Å². The van der Waals surface area contributed by atoms with Gasteiger partial charge in [-0.1, -0.05) is 42.5 Å². The second kappa shape index (κ2) is 7.49. The van der Waals surface area contributed by atoms with Gasteiger partial charge in [0.1, 0.15) is 6.04 Å². The molecule has 0 aliphatic carbocycles. The van der Waals surface area contributed by atoms with E-state index in [9.17, 15) is 14.7 Å². The van der Waals surface area contributed by atoms with E-state index in [1.807, 2.05) is 42.5 Å². The van der Waals surface area contributed by atoms with E-state index >= 15 is 0 Å². The molecule has 5 heteroatoms. The maximum absolute atomic E-state index is 13.0. The fourth-order valence-corrected chi connectivity index (χ4v) is 3.08. The second-order valence-corrected chi connectivity index (χ2v) is 6.38. The van der Waals surface area contributed by atoms with Gasteiger partial charge in [0.2, 0.25) is 5.91 Å². The van der Waals surface area contributed by atoms with Gasteiger partial charge in [-0.2, -0.15) is 0 Å². The topological polar surface area (TPSA) is 69.6 Å². The molecule has 0 aromatic heterocycles. The summed E-state index contributed by atoms with van der Waals surface area (Å²) in [5.41, 5.74) is 2.71. The number of aliphatic hydroxyl groups is 1. The molecule has 0 spiro atoms. The van der Waals surface area contributed by atoms with Gasteiger partial charge in [-0.05, 0) is 30.2 Å². The van der Waals surface area contributed by atoms with Crippen LogP contribution in [0.5, 0.6) is 0 Å². The fourth-order valence-electron chi connectivity index (χ4n) is 3.08.